The molecule has 0 aliphatic heterocycles. The highest BCUT2D eigenvalue weighted by molar-refractivity contribution is 6.43. The SMILES string of the molecule is CCOC(=O)/C(=N/c1ccc(OCC)cc1)c1cccn1C. The Morgan fingerprint density at radius 2 is 1.86 bits per heavy atom. The van der Waals surface area contributed by atoms with Crippen molar-refractivity contribution in [3.63, 3.8) is 0 Å². The van der Waals surface area contributed by atoms with Crippen molar-refractivity contribution in [3.05, 3.63) is 48.3 Å². The maximum absolute atomic E-state index is 12.2. The molecule has 0 atom stereocenters. The summed E-state index contributed by atoms with van der Waals surface area (Å²) in [6.07, 6.45) is 1.86. The highest BCUT2D eigenvalue weighted by atomic mass is 16.5. The number of aliphatic imine (C=N–C) groups is 1. The number of rotatable bonds is 6. The number of aromatic nitrogens is 1. The largest absolute Gasteiger partial charge is 0.494 e. The van der Waals surface area contributed by atoms with Gasteiger partial charge in [-0.2, -0.15) is 0 Å². The first-order valence-electron chi connectivity index (χ1n) is 7.26. The highest BCUT2D eigenvalue weighted by Crippen LogP contribution is 2.20. The van der Waals surface area contributed by atoms with Crippen molar-refractivity contribution >= 4 is 17.4 Å². The van der Waals surface area contributed by atoms with E-state index in [1.165, 1.54) is 0 Å². The lowest BCUT2D eigenvalue weighted by Crippen LogP contribution is -2.21. The summed E-state index contributed by atoms with van der Waals surface area (Å²) in [4.78, 5) is 16.6. The molecule has 0 radical (unpaired) electrons. The van der Waals surface area contributed by atoms with Crippen LogP contribution in [0.3, 0.4) is 0 Å². The molecular weight excluding hydrogens is 280 g/mol. The van der Waals surface area contributed by atoms with Crippen LogP contribution in [0.15, 0.2) is 47.6 Å². The van der Waals surface area contributed by atoms with Crippen LogP contribution in [-0.2, 0) is 16.6 Å². The summed E-state index contributed by atoms with van der Waals surface area (Å²) >= 11 is 0. The molecule has 0 N–H and O–H groups in total. The summed E-state index contributed by atoms with van der Waals surface area (Å²) in [7, 11) is 1.86. The van der Waals surface area contributed by atoms with E-state index < -0.39 is 5.97 Å². The van der Waals surface area contributed by atoms with Gasteiger partial charge in [-0.25, -0.2) is 9.79 Å². The van der Waals surface area contributed by atoms with Gasteiger partial charge in [0.2, 0.25) is 0 Å². The summed E-state index contributed by atoms with van der Waals surface area (Å²) in [6.45, 7) is 4.63. The lowest BCUT2D eigenvalue weighted by Gasteiger charge is -2.08. The van der Waals surface area contributed by atoms with Crippen molar-refractivity contribution in [2.75, 3.05) is 13.2 Å². The Morgan fingerprint density at radius 1 is 1.14 bits per heavy atom. The molecule has 0 unspecified atom stereocenters. The average Bonchev–Trinajstić information content (AvgIpc) is 2.93. The Hall–Kier alpha value is -2.56. The van der Waals surface area contributed by atoms with E-state index in [1.54, 1.807) is 6.92 Å². The number of esters is 1. The third-order valence-corrected chi connectivity index (χ3v) is 3.04. The predicted molar refractivity (Wildman–Crippen MR) is 85.9 cm³/mol. The van der Waals surface area contributed by atoms with E-state index in [0.717, 1.165) is 5.75 Å². The zero-order chi connectivity index (χ0) is 15.9. The van der Waals surface area contributed by atoms with Gasteiger partial charge in [-0.05, 0) is 50.2 Å². The van der Waals surface area contributed by atoms with Crippen molar-refractivity contribution in [2.24, 2.45) is 12.0 Å². The first kappa shape index (κ1) is 15.8. The summed E-state index contributed by atoms with van der Waals surface area (Å²) < 4.78 is 12.3. The molecule has 22 heavy (non-hydrogen) atoms. The van der Waals surface area contributed by atoms with Crippen molar-refractivity contribution in [1.82, 2.24) is 4.57 Å². The van der Waals surface area contributed by atoms with Gasteiger partial charge in [0, 0.05) is 13.2 Å². The van der Waals surface area contributed by atoms with E-state index in [0.29, 0.717) is 30.3 Å². The number of ether oxygens (including phenoxy) is 2. The lowest BCUT2D eigenvalue weighted by molar-refractivity contribution is -0.134. The standard InChI is InChI=1S/C17H20N2O3/c1-4-21-14-10-8-13(9-11-14)18-16(17(20)22-5-2)15-7-6-12-19(15)3/h6-12H,4-5H2,1-3H3/b18-16+. The minimum absolute atomic E-state index is 0.290. The Kier molecular flexibility index (Phi) is 5.36. The number of benzene rings is 1. The third kappa shape index (κ3) is 3.75. The van der Waals surface area contributed by atoms with Crippen LogP contribution >= 0.6 is 0 Å². The summed E-state index contributed by atoms with van der Waals surface area (Å²) in [6, 6.07) is 11.0. The zero-order valence-corrected chi connectivity index (χ0v) is 13.1. The van der Waals surface area contributed by atoms with E-state index in [-0.39, 0.29) is 0 Å². The zero-order valence-electron chi connectivity index (χ0n) is 13.1. The first-order chi connectivity index (χ1) is 10.7. The van der Waals surface area contributed by atoms with Gasteiger partial charge in [0.25, 0.3) is 0 Å². The molecule has 0 aliphatic rings. The molecule has 2 rings (SSSR count). The maximum Gasteiger partial charge on any atom is 0.359 e. The van der Waals surface area contributed by atoms with Crippen LogP contribution in [0, 0.1) is 0 Å². The molecule has 1 heterocycles. The summed E-state index contributed by atoms with van der Waals surface area (Å²) in [5.41, 5.74) is 1.68. The topological polar surface area (TPSA) is 52.8 Å². The van der Waals surface area contributed by atoms with Crippen LogP contribution in [0.4, 0.5) is 5.69 Å². The van der Waals surface area contributed by atoms with Gasteiger partial charge in [-0.1, -0.05) is 0 Å². The van der Waals surface area contributed by atoms with Gasteiger partial charge in [-0.15, -0.1) is 0 Å². The molecular formula is C17H20N2O3. The second-order valence-electron chi connectivity index (χ2n) is 4.61. The molecule has 0 aliphatic carbocycles. The van der Waals surface area contributed by atoms with Gasteiger partial charge in [-0.3, -0.25) is 0 Å². The Labute approximate surface area is 130 Å². The van der Waals surface area contributed by atoms with Crippen molar-refractivity contribution in [3.8, 4) is 5.75 Å². The van der Waals surface area contributed by atoms with E-state index >= 15 is 0 Å². The van der Waals surface area contributed by atoms with Crippen LogP contribution in [0.5, 0.6) is 5.75 Å². The van der Waals surface area contributed by atoms with Gasteiger partial charge in [0.05, 0.1) is 24.6 Å². The van der Waals surface area contributed by atoms with Crippen LogP contribution in [0.1, 0.15) is 19.5 Å². The second-order valence-corrected chi connectivity index (χ2v) is 4.61. The molecule has 5 nitrogen and oxygen atoms in total. The average molecular weight is 300 g/mol. The quantitative estimate of drug-likeness (QED) is 0.608. The van der Waals surface area contributed by atoms with E-state index in [1.807, 2.05) is 61.1 Å². The van der Waals surface area contributed by atoms with Crippen molar-refractivity contribution in [1.29, 1.82) is 0 Å². The van der Waals surface area contributed by atoms with E-state index in [9.17, 15) is 4.79 Å². The maximum atomic E-state index is 12.2. The molecule has 116 valence electrons. The Bertz CT molecular complexity index is 657. The van der Waals surface area contributed by atoms with Gasteiger partial charge in [0.15, 0.2) is 5.71 Å². The fraction of sp³-hybridized carbons (Fsp3) is 0.294. The van der Waals surface area contributed by atoms with Gasteiger partial charge in [0.1, 0.15) is 5.75 Å². The number of nitrogens with zero attached hydrogens (tertiary/aromatic N) is 2. The molecule has 0 fully saturated rings. The molecule has 5 heteroatoms. The normalized spacial score (nSPS) is 11.3. The number of aryl methyl sites for hydroxylation is 1. The van der Waals surface area contributed by atoms with Gasteiger partial charge < -0.3 is 14.0 Å². The molecule has 0 spiro atoms. The Balaban J connectivity index is 2.35. The Morgan fingerprint density at radius 3 is 2.41 bits per heavy atom. The second kappa shape index (κ2) is 7.45. The van der Waals surface area contributed by atoms with Crippen LogP contribution in [0.2, 0.25) is 0 Å². The molecule has 2 aromatic rings. The first-order valence-corrected chi connectivity index (χ1v) is 7.26. The fourth-order valence-corrected chi connectivity index (χ4v) is 2.03. The van der Waals surface area contributed by atoms with Crippen molar-refractivity contribution in [2.45, 2.75) is 13.8 Å². The number of carbonyl (C=O) groups is 1. The smallest absolute Gasteiger partial charge is 0.359 e. The molecule has 1 aromatic carbocycles. The minimum Gasteiger partial charge on any atom is -0.494 e. The molecule has 1 aromatic heterocycles. The summed E-state index contributed by atoms with van der Waals surface area (Å²) in [5, 5.41) is 0. The molecule has 0 saturated heterocycles. The molecule has 0 amide bonds. The number of hydrogen-bond acceptors (Lipinski definition) is 4. The fourth-order valence-electron chi connectivity index (χ4n) is 2.03. The van der Waals surface area contributed by atoms with E-state index in [2.05, 4.69) is 4.99 Å². The lowest BCUT2D eigenvalue weighted by atomic mass is 10.2. The molecule has 0 bridgehead atoms. The van der Waals surface area contributed by atoms with E-state index in [4.69, 9.17) is 9.47 Å². The van der Waals surface area contributed by atoms with Crippen LogP contribution in [0.25, 0.3) is 0 Å². The predicted octanol–water partition coefficient (Wildman–Crippen LogP) is 3.11. The summed E-state index contributed by atoms with van der Waals surface area (Å²) in [5.74, 6) is 0.344. The third-order valence-electron chi connectivity index (χ3n) is 3.04. The van der Waals surface area contributed by atoms with Crippen LogP contribution < -0.4 is 4.74 Å². The van der Waals surface area contributed by atoms with Crippen LogP contribution in [-0.4, -0.2) is 29.5 Å². The highest BCUT2D eigenvalue weighted by Gasteiger charge is 2.18. The minimum atomic E-state index is -0.432. The number of carbonyl (C=O) groups excluding carboxylic acids is 1. The number of hydrogen-bond donors (Lipinski definition) is 0. The van der Waals surface area contributed by atoms with Crippen molar-refractivity contribution < 1.29 is 14.3 Å². The van der Waals surface area contributed by atoms with Gasteiger partial charge >= 0.3 is 5.97 Å². The monoisotopic (exact) mass is 300 g/mol. The molecule has 0 saturated carbocycles.